The minimum Gasteiger partial charge on any atom is -0.497 e. The largest absolute Gasteiger partial charge is 0.497 e. The van der Waals surface area contributed by atoms with Gasteiger partial charge >= 0.3 is 0 Å². The molecule has 2 nitrogen and oxygen atoms in total. The Kier molecular flexibility index (Phi) is 2.84. The van der Waals surface area contributed by atoms with E-state index in [-0.39, 0.29) is 13.0 Å². The van der Waals surface area contributed by atoms with E-state index in [1.54, 1.807) is 0 Å². The van der Waals surface area contributed by atoms with Crippen molar-refractivity contribution in [1.82, 2.24) is 0 Å². The van der Waals surface area contributed by atoms with Crippen LogP contribution in [0, 0.1) is 23.1 Å². The van der Waals surface area contributed by atoms with Crippen molar-refractivity contribution in [3.05, 3.63) is 11.3 Å². The molecular weight excluding hydrogens is 282 g/mol. The van der Waals surface area contributed by atoms with Gasteiger partial charge in [0.15, 0.2) is 0 Å². The van der Waals surface area contributed by atoms with Gasteiger partial charge in [-0.1, -0.05) is 58.1 Å². The fraction of sp³-hybridized carbons (Fsp3) is 0.857. The van der Waals surface area contributed by atoms with Crippen molar-refractivity contribution in [2.45, 2.75) is 96.5 Å². The van der Waals surface area contributed by atoms with E-state index in [0.29, 0.717) is 6.42 Å². The topological polar surface area (TPSA) is 33.0 Å². The molecule has 2 rings (SSSR count). The third kappa shape index (κ3) is 5.87. The fourth-order valence-corrected chi connectivity index (χ4v) is 2.28. The third-order valence-electron chi connectivity index (χ3n) is 3.50. The first-order valence-corrected chi connectivity index (χ1v) is 8.00. The number of unbranched alkanes of at least 4 members (excludes halogenated alkanes) is 5. The molecule has 0 bridgehead atoms. The van der Waals surface area contributed by atoms with E-state index in [1.807, 2.05) is 6.92 Å². The lowest BCUT2D eigenvalue weighted by atomic mass is 9.73. The number of hydrogen-bond donors (Lipinski definition) is 0. The van der Waals surface area contributed by atoms with Crippen LogP contribution in [0.15, 0.2) is 11.3 Å². The highest BCUT2D eigenvalue weighted by atomic mass is 16.5. The highest BCUT2D eigenvalue weighted by Gasteiger charge is 2.32. The average molecular weight is 335 g/mol. The number of nitrogens with zero attached hydrogens (tertiary/aromatic N) is 1. The lowest BCUT2D eigenvalue weighted by Gasteiger charge is -2.34. The zero-order valence-electron chi connectivity index (χ0n) is 30.4. The van der Waals surface area contributed by atoms with Crippen LogP contribution in [0.5, 0.6) is 0 Å². The zero-order valence-corrected chi connectivity index (χ0v) is 13.4. The first-order chi connectivity index (χ1) is 17.8. The molecule has 130 valence electrons. The molecule has 2 aliphatic rings. The first-order valence-electron chi connectivity index (χ1n) is 16.6. The molecule has 0 heterocycles. The molecule has 0 aromatic rings. The van der Waals surface area contributed by atoms with E-state index in [2.05, 4.69) is 0 Å². The summed E-state index contributed by atoms with van der Waals surface area (Å²) in [6, 6.07) is 1.44. The molecule has 0 amide bonds. The summed E-state index contributed by atoms with van der Waals surface area (Å²) < 4.78 is 149. The molecule has 0 saturated heterocycles. The molecule has 1 saturated carbocycles. The monoisotopic (exact) mass is 334 g/mol. The van der Waals surface area contributed by atoms with Gasteiger partial charge in [0.2, 0.25) is 0 Å². The Bertz CT molecular complexity index is 1020. The van der Waals surface area contributed by atoms with E-state index in [1.165, 1.54) is 6.07 Å². The second-order valence-electron chi connectivity index (χ2n) is 5.26. The van der Waals surface area contributed by atoms with E-state index in [0.717, 1.165) is 25.7 Å². The number of ether oxygens (including phenoxy) is 1. The van der Waals surface area contributed by atoms with Crippen LogP contribution in [0.2, 0.25) is 0 Å². The fourth-order valence-electron chi connectivity index (χ4n) is 2.28. The van der Waals surface area contributed by atoms with Crippen LogP contribution in [-0.2, 0) is 4.74 Å². The predicted octanol–water partition coefficient (Wildman–Crippen LogP) is 6.52. The van der Waals surface area contributed by atoms with Crippen molar-refractivity contribution < 1.29 is 28.0 Å². The summed E-state index contributed by atoms with van der Waals surface area (Å²) in [6.45, 7) is 1.62. The van der Waals surface area contributed by atoms with Crippen molar-refractivity contribution in [2.75, 3.05) is 6.61 Å². The van der Waals surface area contributed by atoms with Crippen LogP contribution in [0.4, 0.5) is 0 Å². The molecule has 2 aliphatic carbocycles. The van der Waals surface area contributed by atoms with Crippen molar-refractivity contribution in [2.24, 2.45) is 11.8 Å². The molecule has 0 spiro atoms. The average Bonchev–Trinajstić information content (AvgIpc) is 2.83. The zero-order chi connectivity index (χ0) is 31.6. The van der Waals surface area contributed by atoms with Gasteiger partial charge in [-0.25, -0.2) is 0 Å². The number of nitriles is 1. The predicted molar refractivity (Wildman–Crippen MR) is 95.9 cm³/mol. The number of rotatable bonds is 9. The van der Waals surface area contributed by atoms with E-state index in [9.17, 15) is 6.63 Å². The molecule has 2 heteroatoms. The summed E-state index contributed by atoms with van der Waals surface area (Å²) in [5, 5.41) is 9.86. The van der Waals surface area contributed by atoms with Gasteiger partial charge in [-0.3, -0.25) is 0 Å². The highest BCUT2D eigenvalue weighted by Crippen LogP contribution is 2.41. The Morgan fingerprint density at radius 1 is 1.09 bits per heavy atom. The van der Waals surface area contributed by atoms with Gasteiger partial charge in [-0.2, -0.15) is 5.26 Å². The summed E-state index contributed by atoms with van der Waals surface area (Å²) >= 11 is 0. The van der Waals surface area contributed by atoms with Crippen LogP contribution < -0.4 is 0 Å². The van der Waals surface area contributed by atoms with Crippen LogP contribution >= 0.6 is 0 Å². The van der Waals surface area contributed by atoms with E-state index in [4.69, 9.17) is 26.7 Å². The van der Waals surface area contributed by atoms with Gasteiger partial charge in [0.05, 0.1) is 18.2 Å². The van der Waals surface area contributed by atoms with E-state index >= 15 is 0 Å². The Morgan fingerprint density at radius 2 is 1.83 bits per heavy atom. The summed E-state index contributed by atoms with van der Waals surface area (Å²) in [7, 11) is 0. The molecular formula is C21H35NO. The Morgan fingerprint density at radius 3 is 2.57 bits per heavy atom. The number of hydrogen-bond acceptors (Lipinski definition) is 2. The van der Waals surface area contributed by atoms with Gasteiger partial charge in [0, 0.05) is 29.2 Å². The normalized spacial score (nSPS) is 56.9. The first kappa shape index (κ1) is 6.08. The Balaban J connectivity index is 2.95. The summed E-state index contributed by atoms with van der Waals surface area (Å²) in [4.78, 5) is 0. The number of allylic oxidation sites excluding steroid dienone is 2. The summed E-state index contributed by atoms with van der Waals surface area (Å²) in [6.07, 6.45) is -26.2. The van der Waals surface area contributed by atoms with Gasteiger partial charge in [-0.15, -0.1) is 0 Å². The van der Waals surface area contributed by atoms with Gasteiger partial charge in [0.25, 0.3) is 0 Å². The van der Waals surface area contributed by atoms with Crippen LogP contribution in [0.1, 0.15) is 120 Å². The second kappa shape index (κ2) is 10.7. The molecule has 0 aliphatic heterocycles. The van der Waals surface area contributed by atoms with Gasteiger partial charge < -0.3 is 4.74 Å². The van der Waals surface area contributed by atoms with Crippen LogP contribution in [0.25, 0.3) is 0 Å². The Hall–Kier alpha value is -0.970. The lowest BCUT2D eigenvalue weighted by Crippen LogP contribution is -2.25. The maximum absolute atomic E-state index is 9.86. The van der Waals surface area contributed by atoms with E-state index < -0.39 is 74.1 Å². The smallest absolute Gasteiger partial charge is 0.113 e. The van der Waals surface area contributed by atoms with Gasteiger partial charge in [0.1, 0.15) is 5.76 Å². The molecule has 2 atom stereocenters. The molecule has 0 N–H and O–H groups in total. The molecule has 1 fully saturated rings. The van der Waals surface area contributed by atoms with Crippen molar-refractivity contribution >= 4 is 0 Å². The van der Waals surface area contributed by atoms with Crippen molar-refractivity contribution in [1.29, 1.82) is 5.26 Å². The maximum atomic E-state index is 9.86. The third-order valence-corrected chi connectivity index (χ3v) is 3.50. The molecule has 0 radical (unpaired) electrons. The standard InChI is InChI=1S/C21H35NO/c1-2-3-4-5-6-10-16-23-21-19(17-22)14-11-15-20(21)18-12-8-7-9-13-18/h18,20H,2-16H2,1H3/i7D2,8D2,9D2,11D2,12D2,13D2,14D,15D2,18D,20D. The Labute approximate surface area is 167 Å². The minimum absolute atomic E-state index is 0.232. The van der Waals surface area contributed by atoms with Crippen molar-refractivity contribution in [3.8, 4) is 6.07 Å². The molecule has 0 aromatic carbocycles. The molecule has 2 unspecified atom stereocenters. The van der Waals surface area contributed by atoms with Crippen LogP contribution in [0.3, 0.4) is 0 Å². The minimum atomic E-state index is -4.32. The maximum Gasteiger partial charge on any atom is 0.113 e. The van der Waals surface area contributed by atoms with Crippen molar-refractivity contribution in [3.63, 3.8) is 0 Å². The van der Waals surface area contributed by atoms with Crippen LogP contribution in [-0.4, -0.2) is 6.61 Å². The lowest BCUT2D eigenvalue weighted by molar-refractivity contribution is 0.119. The van der Waals surface area contributed by atoms with Gasteiger partial charge in [-0.05, 0) is 44.2 Å². The summed E-state index contributed by atoms with van der Waals surface area (Å²) in [5.41, 5.74) is -1.05. The second-order valence-corrected chi connectivity index (χ2v) is 5.26. The SMILES string of the molecule is [2H]C1C(C#N)=C(OCCCCCCCC)C([2H])(C2([2H])C([2H])([2H])C([2H])([2H])C([2H])([2H])C([2H])([2H])C2([2H])[2H])C([2H])([2H])C1([2H])[2H]. The summed E-state index contributed by atoms with van der Waals surface area (Å²) in [5.74, 6) is -9.61. The quantitative estimate of drug-likeness (QED) is 0.449. The molecule has 0 aromatic heterocycles. The molecule has 23 heavy (non-hydrogen) atoms. The highest BCUT2D eigenvalue weighted by molar-refractivity contribution is 5.28.